The van der Waals surface area contributed by atoms with Crippen molar-refractivity contribution in [1.29, 1.82) is 0 Å². The molecule has 1 saturated heterocycles. The average Bonchev–Trinajstić information content (AvgIpc) is 3.09. The molecule has 1 atom stereocenters. The quantitative estimate of drug-likeness (QED) is 0.303. The first-order valence-corrected chi connectivity index (χ1v) is 10.4. The van der Waals surface area contributed by atoms with Gasteiger partial charge in [-0.05, 0) is 23.8 Å². The van der Waals surface area contributed by atoms with Crippen LogP contribution in [0.4, 0.5) is 14.5 Å². The second-order valence-corrected chi connectivity index (χ2v) is 7.77. The maximum absolute atomic E-state index is 14.7. The molecule has 4 rings (SSSR count). The summed E-state index contributed by atoms with van der Waals surface area (Å²) in [6.45, 7) is 0. The van der Waals surface area contributed by atoms with E-state index in [1.807, 2.05) is 0 Å². The number of methoxy groups -OCH3 is 2. The minimum atomic E-state index is -1.20. The molecule has 1 heterocycles. The van der Waals surface area contributed by atoms with Gasteiger partial charge in [0.2, 0.25) is 0 Å². The van der Waals surface area contributed by atoms with E-state index in [2.05, 4.69) is 0 Å². The third kappa shape index (κ3) is 3.86. The highest BCUT2D eigenvalue weighted by molar-refractivity contribution is 6.51. The summed E-state index contributed by atoms with van der Waals surface area (Å²) < 4.78 is 38.8. The number of halogens is 3. The van der Waals surface area contributed by atoms with Gasteiger partial charge >= 0.3 is 0 Å². The third-order valence-corrected chi connectivity index (χ3v) is 5.75. The van der Waals surface area contributed by atoms with E-state index >= 15 is 0 Å². The molecule has 0 aliphatic carbocycles. The molecular formula is C25H18ClF2NO5. The zero-order chi connectivity index (χ0) is 24.6. The molecule has 3 aromatic rings. The second-order valence-electron chi connectivity index (χ2n) is 7.36. The van der Waals surface area contributed by atoms with Crippen molar-refractivity contribution in [2.45, 2.75) is 6.04 Å². The number of nitrogens with zero attached hydrogens (tertiary/aromatic N) is 1. The molecule has 1 fully saturated rings. The predicted molar refractivity (Wildman–Crippen MR) is 122 cm³/mol. The van der Waals surface area contributed by atoms with E-state index in [0.717, 1.165) is 17.0 Å². The number of carbonyl (C=O) groups excluding carboxylic acids is 2. The van der Waals surface area contributed by atoms with Gasteiger partial charge in [0.15, 0.2) is 0 Å². The topological polar surface area (TPSA) is 76.1 Å². The van der Waals surface area contributed by atoms with Crippen molar-refractivity contribution < 1.29 is 33.0 Å². The molecule has 174 valence electrons. The number of anilines is 1. The molecule has 0 aromatic heterocycles. The third-order valence-electron chi connectivity index (χ3n) is 5.46. The highest BCUT2D eigenvalue weighted by Gasteiger charge is 2.48. The predicted octanol–water partition coefficient (Wildman–Crippen LogP) is 5.26. The summed E-state index contributed by atoms with van der Waals surface area (Å²) in [6.07, 6.45) is 0. The molecule has 1 aliphatic heterocycles. The second kappa shape index (κ2) is 9.15. The molecule has 0 spiro atoms. The molecule has 0 saturated carbocycles. The maximum Gasteiger partial charge on any atom is 0.300 e. The van der Waals surface area contributed by atoms with Crippen LogP contribution in [-0.4, -0.2) is 31.0 Å². The van der Waals surface area contributed by atoms with Crippen LogP contribution in [0.3, 0.4) is 0 Å². The van der Waals surface area contributed by atoms with Gasteiger partial charge in [0.05, 0.1) is 42.1 Å². The van der Waals surface area contributed by atoms with Gasteiger partial charge in [-0.15, -0.1) is 0 Å². The highest BCUT2D eigenvalue weighted by atomic mass is 35.5. The number of benzene rings is 3. The van der Waals surface area contributed by atoms with E-state index in [1.165, 1.54) is 26.4 Å². The Bertz CT molecular complexity index is 1330. The fraction of sp³-hybridized carbons (Fsp3) is 0.120. The van der Waals surface area contributed by atoms with Gasteiger partial charge in [-0.2, -0.15) is 0 Å². The van der Waals surface area contributed by atoms with Crippen molar-refractivity contribution in [2.24, 2.45) is 0 Å². The fourth-order valence-corrected chi connectivity index (χ4v) is 4.13. The van der Waals surface area contributed by atoms with Gasteiger partial charge in [-0.25, -0.2) is 8.78 Å². The van der Waals surface area contributed by atoms with Crippen molar-refractivity contribution >= 4 is 34.7 Å². The van der Waals surface area contributed by atoms with E-state index in [0.29, 0.717) is 11.6 Å². The standard InChI is InChI=1S/C25H18ClF2NO5/c1-33-19-12-16(26)20(34-2)11-15(19)23(30)21-22(13-6-4-3-5-7-13)29(25(32)24(21)31)18-9-8-14(27)10-17(18)28/h3-12,22,30H,1-2H3/b23-21+. The van der Waals surface area contributed by atoms with Gasteiger partial charge in [0, 0.05) is 12.1 Å². The Kier molecular flexibility index (Phi) is 6.26. The van der Waals surface area contributed by atoms with Crippen LogP contribution in [0.1, 0.15) is 17.2 Å². The highest BCUT2D eigenvalue weighted by Crippen LogP contribution is 2.45. The lowest BCUT2D eigenvalue weighted by atomic mass is 9.94. The summed E-state index contributed by atoms with van der Waals surface area (Å²) in [7, 11) is 2.72. The zero-order valence-electron chi connectivity index (χ0n) is 18.0. The molecule has 0 radical (unpaired) electrons. The summed E-state index contributed by atoms with van der Waals surface area (Å²) in [4.78, 5) is 27.2. The summed E-state index contributed by atoms with van der Waals surface area (Å²) in [5, 5.41) is 11.5. The number of ether oxygens (including phenoxy) is 2. The summed E-state index contributed by atoms with van der Waals surface area (Å²) in [5.74, 6) is -4.26. The Morgan fingerprint density at radius 3 is 2.26 bits per heavy atom. The van der Waals surface area contributed by atoms with Gasteiger partial charge in [-0.1, -0.05) is 41.9 Å². The summed E-state index contributed by atoms with van der Waals surface area (Å²) in [5.41, 5.74) is -0.145. The van der Waals surface area contributed by atoms with Crippen LogP contribution in [0.15, 0.2) is 66.2 Å². The molecular weight excluding hydrogens is 468 g/mol. The fourth-order valence-electron chi connectivity index (χ4n) is 3.90. The van der Waals surface area contributed by atoms with Gasteiger partial charge in [0.1, 0.15) is 28.9 Å². The lowest BCUT2D eigenvalue weighted by Crippen LogP contribution is -2.30. The van der Waals surface area contributed by atoms with Crippen molar-refractivity contribution in [3.8, 4) is 11.5 Å². The minimum Gasteiger partial charge on any atom is -0.507 e. The lowest BCUT2D eigenvalue weighted by molar-refractivity contribution is -0.132. The molecule has 9 heteroatoms. The lowest BCUT2D eigenvalue weighted by Gasteiger charge is -2.26. The molecule has 0 bridgehead atoms. The van der Waals surface area contributed by atoms with Crippen LogP contribution in [0.25, 0.3) is 5.76 Å². The van der Waals surface area contributed by atoms with Crippen LogP contribution in [0, 0.1) is 11.6 Å². The maximum atomic E-state index is 14.7. The SMILES string of the molecule is COc1cc(/C(O)=C2\C(=O)C(=O)N(c3ccc(F)cc3F)C2c2ccccc2)c(OC)cc1Cl. The molecule has 6 nitrogen and oxygen atoms in total. The number of Topliss-reactive ketones (excluding diaryl/α,β-unsaturated/α-hetero) is 1. The molecule has 1 unspecified atom stereocenters. The Labute approximate surface area is 198 Å². The van der Waals surface area contributed by atoms with Crippen LogP contribution < -0.4 is 14.4 Å². The monoisotopic (exact) mass is 485 g/mol. The normalized spacial score (nSPS) is 17.2. The van der Waals surface area contributed by atoms with Gasteiger partial charge < -0.3 is 14.6 Å². The van der Waals surface area contributed by atoms with Crippen molar-refractivity contribution in [2.75, 3.05) is 19.1 Å². The van der Waals surface area contributed by atoms with Crippen LogP contribution in [0.2, 0.25) is 5.02 Å². The van der Waals surface area contributed by atoms with Crippen LogP contribution >= 0.6 is 11.6 Å². The van der Waals surface area contributed by atoms with Gasteiger partial charge in [0.25, 0.3) is 11.7 Å². The van der Waals surface area contributed by atoms with Crippen molar-refractivity contribution in [3.05, 3.63) is 94.0 Å². The Morgan fingerprint density at radius 2 is 1.65 bits per heavy atom. The van der Waals surface area contributed by atoms with E-state index in [1.54, 1.807) is 30.3 Å². The number of rotatable bonds is 5. The van der Waals surface area contributed by atoms with Crippen LogP contribution in [-0.2, 0) is 9.59 Å². The number of hydrogen-bond acceptors (Lipinski definition) is 5. The first-order valence-electron chi connectivity index (χ1n) is 10.0. The molecule has 1 aliphatic rings. The van der Waals surface area contributed by atoms with Crippen LogP contribution in [0.5, 0.6) is 11.5 Å². The molecule has 1 amide bonds. The molecule has 1 N–H and O–H groups in total. The number of aliphatic hydroxyl groups is 1. The number of ketones is 1. The average molecular weight is 486 g/mol. The first kappa shape index (κ1) is 23.3. The van der Waals surface area contributed by atoms with E-state index in [4.69, 9.17) is 21.1 Å². The first-order chi connectivity index (χ1) is 16.3. The largest absolute Gasteiger partial charge is 0.507 e. The summed E-state index contributed by atoms with van der Waals surface area (Å²) in [6, 6.07) is 12.5. The smallest absolute Gasteiger partial charge is 0.300 e. The number of amides is 1. The Balaban J connectivity index is 2.01. The Hall–Kier alpha value is -3.91. The minimum absolute atomic E-state index is 0.0438. The molecule has 34 heavy (non-hydrogen) atoms. The number of aliphatic hydroxyl groups excluding tert-OH is 1. The van der Waals surface area contributed by atoms with Gasteiger partial charge in [-0.3, -0.25) is 14.5 Å². The van der Waals surface area contributed by atoms with E-state index in [-0.39, 0.29) is 33.3 Å². The zero-order valence-corrected chi connectivity index (χ0v) is 18.8. The molecule has 3 aromatic carbocycles. The van der Waals surface area contributed by atoms with E-state index < -0.39 is 35.1 Å². The number of hydrogen-bond donors (Lipinski definition) is 1. The van der Waals surface area contributed by atoms with E-state index in [9.17, 15) is 23.5 Å². The van der Waals surface area contributed by atoms with Crippen molar-refractivity contribution in [3.63, 3.8) is 0 Å². The van der Waals surface area contributed by atoms with Crippen molar-refractivity contribution in [1.82, 2.24) is 0 Å². The summed E-state index contributed by atoms with van der Waals surface area (Å²) >= 11 is 6.15. The Morgan fingerprint density at radius 1 is 0.971 bits per heavy atom. The number of carbonyl (C=O) groups is 2.